The van der Waals surface area contributed by atoms with E-state index < -0.39 is 21.9 Å². The molecule has 0 aliphatic rings. The second kappa shape index (κ2) is 4.22. The molecule has 2 rings (SSSR count). The predicted molar refractivity (Wildman–Crippen MR) is 65.0 cm³/mol. The normalized spacial score (nSPS) is 10.4. The quantitative estimate of drug-likeness (QED) is 0.616. The van der Waals surface area contributed by atoms with Crippen LogP contribution in [0.2, 0.25) is 5.02 Å². The number of nitrogens with zero attached hydrogens (tertiary/aromatic N) is 4. The fraction of sp³-hybridized carbons (Fsp3) is 0.100. The fourth-order valence-electron chi connectivity index (χ4n) is 1.63. The second-order valence-corrected chi connectivity index (χ2v) is 4.02. The molecule has 1 N–H and O–H groups in total. The Hall–Kier alpha value is -2.66. The molecule has 2 heterocycles. The molecular weight excluding hydrogens is 276 g/mol. The molecule has 8 nitrogen and oxygen atoms in total. The van der Waals surface area contributed by atoms with Gasteiger partial charge in [-0.1, -0.05) is 11.6 Å². The molecule has 0 aliphatic carbocycles. The van der Waals surface area contributed by atoms with Crippen LogP contribution in [0.15, 0.2) is 10.9 Å². The van der Waals surface area contributed by atoms with E-state index in [0.29, 0.717) is 0 Å². The molecule has 96 valence electrons. The predicted octanol–water partition coefficient (Wildman–Crippen LogP) is 1.07. The summed E-state index contributed by atoms with van der Waals surface area (Å²) in [6, 6.07) is 2.93. The highest BCUT2D eigenvalue weighted by Gasteiger charge is 2.26. The van der Waals surface area contributed by atoms with Gasteiger partial charge in [0, 0.05) is 7.05 Å². The Morgan fingerprint density at radius 3 is 2.79 bits per heavy atom. The summed E-state index contributed by atoms with van der Waals surface area (Å²) in [6.07, 6.45) is 0. The van der Waals surface area contributed by atoms with Crippen molar-refractivity contribution in [3.8, 4) is 11.8 Å². The highest BCUT2D eigenvalue weighted by atomic mass is 35.5. The number of aromatic hydroxyl groups is 1. The van der Waals surface area contributed by atoms with E-state index in [0.717, 1.165) is 4.57 Å². The lowest BCUT2D eigenvalue weighted by molar-refractivity contribution is -0.387. The molecule has 0 bridgehead atoms. The van der Waals surface area contributed by atoms with E-state index in [4.69, 9.17) is 16.9 Å². The Bertz CT molecular complexity index is 821. The summed E-state index contributed by atoms with van der Waals surface area (Å²) >= 11 is 5.77. The van der Waals surface area contributed by atoms with Gasteiger partial charge < -0.3 is 9.67 Å². The maximum atomic E-state index is 11.7. The van der Waals surface area contributed by atoms with Crippen molar-refractivity contribution in [2.75, 3.05) is 0 Å². The number of aromatic nitrogens is 2. The lowest BCUT2D eigenvalue weighted by atomic mass is 10.2. The average Bonchev–Trinajstić information content (AvgIpc) is 2.35. The molecule has 0 radical (unpaired) electrons. The third-order valence-electron chi connectivity index (χ3n) is 2.56. The van der Waals surface area contributed by atoms with E-state index in [9.17, 15) is 20.0 Å². The molecule has 0 spiro atoms. The van der Waals surface area contributed by atoms with Crippen molar-refractivity contribution < 1.29 is 10.0 Å². The molecule has 0 fully saturated rings. The van der Waals surface area contributed by atoms with E-state index in [-0.39, 0.29) is 21.7 Å². The van der Waals surface area contributed by atoms with Gasteiger partial charge in [0.15, 0.2) is 5.69 Å². The van der Waals surface area contributed by atoms with Gasteiger partial charge in [0.25, 0.3) is 0 Å². The lowest BCUT2D eigenvalue weighted by Gasteiger charge is -2.07. The molecule has 0 amide bonds. The van der Waals surface area contributed by atoms with Gasteiger partial charge in [0.2, 0.25) is 5.75 Å². The fourth-order valence-corrected chi connectivity index (χ4v) is 1.82. The SMILES string of the molecule is Cn1c(=O)c([N+](=O)[O-])c(O)c2nc(C#N)c(Cl)cc21. The van der Waals surface area contributed by atoms with Crippen molar-refractivity contribution in [1.29, 1.82) is 5.26 Å². The first kappa shape index (κ1) is 12.8. The monoisotopic (exact) mass is 280 g/mol. The van der Waals surface area contributed by atoms with Gasteiger partial charge in [-0.2, -0.15) is 5.26 Å². The number of halogens is 1. The van der Waals surface area contributed by atoms with Gasteiger partial charge in [-0.05, 0) is 6.07 Å². The largest absolute Gasteiger partial charge is 0.500 e. The molecule has 2 aromatic heterocycles. The molecule has 0 saturated carbocycles. The van der Waals surface area contributed by atoms with E-state index in [1.165, 1.54) is 13.1 Å². The minimum atomic E-state index is -1.00. The van der Waals surface area contributed by atoms with Crippen LogP contribution < -0.4 is 5.56 Å². The molecule has 0 aromatic carbocycles. The van der Waals surface area contributed by atoms with Crippen LogP contribution in [0.3, 0.4) is 0 Å². The minimum absolute atomic E-state index is 0.0155. The summed E-state index contributed by atoms with van der Waals surface area (Å²) < 4.78 is 0.938. The van der Waals surface area contributed by atoms with Gasteiger partial charge >= 0.3 is 11.2 Å². The van der Waals surface area contributed by atoms with E-state index >= 15 is 0 Å². The number of fused-ring (bicyclic) bond motifs is 1. The van der Waals surface area contributed by atoms with Crippen molar-refractivity contribution in [3.05, 3.63) is 37.3 Å². The second-order valence-electron chi connectivity index (χ2n) is 3.62. The number of nitro groups is 1. The van der Waals surface area contributed by atoms with E-state index in [1.54, 1.807) is 6.07 Å². The molecule has 0 unspecified atom stereocenters. The standard InChI is InChI=1S/C10H5ClN4O4/c1-14-6-2-4(11)5(3-12)13-7(6)9(16)8(10(14)17)15(18)19/h2,16H,1H3. The van der Waals surface area contributed by atoms with Gasteiger partial charge in [0.05, 0.1) is 15.5 Å². The Balaban J connectivity index is 3.09. The molecule has 0 atom stereocenters. The highest BCUT2D eigenvalue weighted by molar-refractivity contribution is 6.32. The van der Waals surface area contributed by atoms with Crippen molar-refractivity contribution in [3.63, 3.8) is 0 Å². The van der Waals surface area contributed by atoms with Crippen LogP contribution in [0.25, 0.3) is 11.0 Å². The maximum Gasteiger partial charge on any atom is 0.377 e. The van der Waals surface area contributed by atoms with Crippen LogP contribution in [0.4, 0.5) is 5.69 Å². The van der Waals surface area contributed by atoms with Gasteiger partial charge in [-0.25, -0.2) is 4.98 Å². The van der Waals surface area contributed by atoms with Gasteiger partial charge in [-0.15, -0.1) is 0 Å². The minimum Gasteiger partial charge on any atom is -0.500 e. The zero-order chi connectivity index (χ0) is 14.3. The van der Waals surface area contributed by atoms with Crippen LogP contribution >= 0.6 is 11.6 Å². The molecular formula is C10H5ClN4O4. The average molecular weight is 281 g/mol. The Morgan fingerprint density at radius 1 is 1.63 bits per heavy atom. The summed E-state index contributed by atoms with van der Waals surface area (Å²) in [5.74, 6) is -0.878. The lowest BCUT2D eigenvalue weighted by Crippen LogP contribution is -2.20. The van der Waals surface area contributed by atoms with E-state index in [2.05, 4.69) is 4.98 Å². The van der Waals surface area contributed by atoms with Crippen molar-refractivity contribution >= 4 is 28.3 Å². The Kier molecular flexibility index (Phi) is 2.84. The van der Waals surface area contributed by atoms with Crippen molar-refractivity contribution in [1.82, 2.24) is 9.55 Å². The van der Waals surface area contributed by atoms with Gasteiger partial charge in [-0.3, -0.25) is 14.9 Å². The summed E-state index contributed by atoms with van der Waals surface area (Å²) in [5.41, 5.74) is -2.31. The number of nitriles is 1. The van der Waals surface area contributed by atoms with Crippen molar-refractivity contribution in [2.24, 2.45) is 7.05 Å². The van der Waals surface area contributed by atoms with Crippen molar-refractivity contribution in [2.45, 2.75) is 0 Å². The third kappa shape index (κ3) is 1.76. The van der Waals surface area contributed by atoms with Crippen LogP contribution in [-0.4, -0.2) is 19.6 Å². The number of rotatable bonds is 1. The number of hydrogen-bond donors (Lipinski definition) is 1. The summed E-state index contributed by atoms with van der Waals surface area (Å²) in [4.78, 5) is 25.2. The van der Waals surface area contributed by atoms with Crippen LogP contribution in [0.5, 0.6) is 5.75 Å². The first-order chi connectivity index (χ1) is 8.88. The maximum absolute atomic E-state index is 11.7. The summed E-state index contributed by atoms with van der Waals surface area (Å²) in [5, 5.41) is 29.3. The topological polar surface area (TPSA) is 122 Å². The zero-order valence-corrected chi connectivity index (χ0v) is 10.2. The number of aryl methyl sites for hydroxylation is 1. The summed E-state index contributed by atoms with van der Waals surface area (Å²) in [6.45, 7) is 0. The van der Waals surface area contributed by atoms with Crippen LogP contribution in [0, 0.1) is 21.4 Å². The van der Waals surface area contributed by atoms with Crippen LogP contribution in [-0.2, 0) is 7.05 Å². The smallest absolute Gasteiger partial charge is 0.377 e. The molecule has 0 aliphatic heterocycles. The van der Waals surface area contributed by atoms with Crippen LogP contribution in [0.1, 0.15) is 5.69 Å². The Labute approximate surface area is 110 Å². The number of hydrogen-bond acceptors (Lipinski definition) is 6. The first-order valence-electron chi connectivity index (χ1n) is 4.85. The molecule has 19 heavy (non-hydrogen) atoms. The molecule has 2 aromatic rings. The Morgan fingerprint density at radius 2 is 2.26 bits per heavy atom. The van der Waals surface area contributed by atoms with E-state index in [1.807, 2.05) is 0 Å². The first-order valence-corrected chi connectivity index (χ1v) is 5.23. The molecule has 0 saturated heterocycles. The zero-order valence-electron chi connectivity index (χ0n) is 9.42. The van der Waals surface area contributed by atoms with Gasteiger partial charge in [0.1, 0.15) is 11.6 Å². The highest BCUT2D eigenvalue weighted by Crippen LogP contribution is 2.31. The molecule has 9 heteroatoms. The third-order valence-corrected chi connectivity index (χ3v) is 2.85. The number of pyridine rings is 2. The summed E-state index contributed by atoms with van der Waals surface area (Å²) in [7, 11) is 1.28.